The number of nitro benzene ring substituents is 1. The third kappa shape index (κ3) is 6.05. The second-order valence-electron chi connectivity index (χ2n) is 6.14. The molecule has 8 heteroatoms. The Balaban J connectivity index is 1.56. The number of anilines is 1. The Morgan fingerprint density at radius 3 is 2.66 bits per heavy atom. The molecule has 1 heterocycles. The van der Waals surface area contributed by atoms with Crippen LogP contribution in [0.3, 0.4) is 0 Å². The molecule has 2 aromatic carbocycles. The molecule has 7 nitrogen and oxygen atoms in total. The molecule has 148 valence electrons. The number of hydrogen-bond acceptors (Lipinski definition) is 6. The summed E-state index contributed by atoms with van der Waals surface area (Å²) in [7, 11) is 0. The monoisotopic (exact) mass is 409 g/mol. The van der Waals surface area contributed by atoms with E-state index in [9.17, 15) is 14.9 Å². The number of hydrogen-bond donors (Lipinski definition) is 1. The molecule has 29 heavy (non-hydrogen) atoms. The van der Waals surface area contributed by atoms with E-state index in [4.69, 9.17) is 4.74 Å². The van der Waals surface area contributed by atoms with Gasteiger partial charge in [0, 0.05) is 35.0 Å². The number of aromatic nitrogens is 1. The largest absolute Gasteiger partial charge is 0.487 e. The van der Waals surface area contributed by atoms with E-state index in [-0.39, 0.29) is 16.8 Å². The van der Waals surface area contributed by atoms with Crippen molar-refractivity contribution in [2.24, 2.45) is 0 Å². The summed E-state index contributed by atoms with van der Waals surface area (Å²) < 4.78 is 5.73. The highest BCUT2D eigenvalue weighted by Gasteiger charge is 2.15. The molecule has 0 radical (unpaired) electrons. The van der Waals surface area contributed by atoms with E-state index in [0.29, 0.717) is 18.0 Å². The number of benzene rings is 2. The number of amides is 1. The van der Waals surface area contributed by atoms with E-state index in [0.717, 1.165) is 10.6 Å². The second kappa shape index (κ2) is 9.70. The number of non-ortho nitro benzene ring substituents is 1. The maximum Gasteiger partial charge on any atom is 0.269 e. The first-order chi connectivity index (χ1) is 14.0. The van der Waals surface area contributed by atoms with Crippen LogP contribution in [0.15, 0.2) is 77.8 Å². The van der Waals surface area contributed by atoms with Crippen LogP contribution in [0.4, 0.5) is 11.4 Å². The Kier molecular flexibility index (Phi) is 6.80. The minimum Gasteiger partial charge on any atom is -0.487 e. The zero-order valence-electron chi connectivity index (χ0n) is 15.6. The molecule has 0 fully saturated rings. The average Bonchev–Trinajstić information content (AvgIpc) is 2.73. The van der Waals surface area contributed by atoms with Crippen molar-refractivity contribution in [2.45, 2.75) is 23.7 Å². The summed E-state index contributed by atoms with van der Waals surface area (Å²) in [6.07, 6.45) is 1.71. The lowest BCUT2D eigenvalue weighted by Crippen LogP contribution is -2.22. The zero-order valence-corrected chi connectivity index (χ0v) is 16.5. The summed E-state index contributed by atoms with van der Waals surface area (Å²) >= 11 is 1.33. The molecule has 3 aromatic rings. The molecule has 1 unspecified atom stereocenters. The molecule has 3 rings (SSSR count). The lowest BCUT2D eigenvalue weighted by molar-refractivity contribution is -0.384. The van der Waals surface area contributed by atoms with Crippen molar-refractivity contribution in [3.63, 3.8) is 0 Å². The molecule has 0 bridgehead atoms. The van der Waals surface area contributed by atoms with E-state index >= 15 is 0 Å². The molecule has 1 amide bonds. The van der Waals surface area contributed by atoms with Crippen molar-refractivity contribution in [3.05, 3.63) is 88.7 Å². The smallest absolute Gasteiger partial charge is 0.269 e. The fraction of sp³-hybridized carbons (Fsp3) is 0.143. The van der Waals surface area contributed by atoms with Crippen LogP contribution in [-0.2, 0) is 11.4 Å². The lowest BCUT2D eigenvalue weighted by Gasteiger charge is -2.13. The minimum absolute atomic E-state index is 0.0222. The van der Waals surface area contributed by atoms with Gasteiger partial charge in [0.15, 0.2) is 0 Å². The fourth-order valence-corrected chi connectivity index (χ4v) is 3.32. The van der Waals surface area contributed by atoms with Gasteiger partial charge < -0.3 is 10.1 Å². The van der Waals surface area contributed by atoms with Gasteiger partial charge in [0.05, 0.1) is 15.9 Å². The Bertz CT molecular complexity index is 981. The molecule has 0 saturated heterocycles. The average molecular weight is 409 g/mol. The quantitative estimate of drug-likeness (QED) is 0.330. The first-order valence-electron chi connectivity index (χ1n) is 8.86. The van der Waals surface area contributed by atoms with Crippen LogP contribution < -0.4 is 10.1 Å². The Hall–Kier alpha value is -3.39. The summed E-state index contributed by atoms with van der Waals surface area (Å²) in [5.41, 5.74) is 1.47. The standard InChI is InChI=1S/C21H19N3O4S/c1-15(29-20-10-8-18(9-11-20)24(26)27)21(25)23-16-6-4-7-19(13-16)28-14-17-5-2-3-12-22-17/h2-13,15H,14H2,1H3,(H,23,25). The molecule has 0 aliphatic rings. The first-order valence-corrected chi connectivity index (χ1v) is 9.74. The Labute approximate surface area is 172 Å². The van der Waals surface area contributed by atoms with Crippen LogP contribution in [0.25, 0.3) is 0 Å². The van der Waals surface area contributed by atoms with Gasteiger partial charge in [-0.3, -0.25) is 19.9 Å². The summed E-state index contributed by atoms with van der Waals surface area (Å²) in [5.74, 6) is 0.458. The SMILES string of the molecule is CC(Sc1ccc([N+](=O)[O-])cc1)C(=O)Nc1cccc(OCc2ccccn2)c1. The zero-order chi connectivity index (χ0) is 20.6. The summed E-state index contributed by atoms with van der Waals surface area (Å²) in [4.78, 5) is 27.8. The van der Waals surface area contributed by atoms with Crippen molar-refractivity contribution < 1.29 is 14.5 Å². The van der Waals surface area contributed by atoms with Crippen LogP contribution in [-0.4, -0.2) is 21.1 Å². The third-order valence-corrected chi connectivity index (χ3v) is 5.06. The molecule has 0 saturated carbocycles. The number of carbonyl (C=O) groups excluding carboxylic acids is 1. The predicted octanol–water partition coefficient (Wildman–Crippen LogP) is 4.69. The van der Waals surface area contributed by atoms with Gasteiger partial charge in [-0.25, -0.2) is 0 Å². The van der Waals surface area contributed by atoms with Crippen LogP contribution in [0, 0.1) is 10.1 Å². The highest BCUT2D eigenvalue weighted by atomic mass is 32.2. The van der Waals surface area contributed by atoms with E-state index in [1.165, 1.54) is 23.9 Å². The van der Waals surface area contributed by atoms with Crippen molar-refractivity contribution in [1.82, 2.24) is 4.98 Å². The number of nitro groups is 1. The maximum absolute atomic E-state index is 12.5. The van der Waals surface area contributed by atoms with Crippen LogP contribution >= 0.6 is 11.8 Å². The molecular formula is C21H19N3O4S. The van der Waals surface area contributed by atoms with Gasteiger partial charge >= 0.3 is 0 Å². The molecule has 1 aromatic heterocycles. The summed E-state index contributed by atoms with van der Waals surface area (Å²) in [6.45, 7) is 2.12. The summed E-state index contributed by atoms with van der Waals surface area (Å²) in [5, 5.41) is 13.2. The normalized spacial score (nSPS) is 11.5. The number of pyridine rings is 1. The fourth-order valence-electron chi connectivity index (χ4n) is 2.45. The van der Waals surface area contributed by atoms with E-state index in [1.54, 1.807) is 43.5 Å². The van der Waals surface area contributed by atoms with Gasteiger partial charge in [-0.05, 0) is 43.3 Å². The van der Waals surface area contributed by atoms with Gasteiger partial charge in [-0.15, -0.1) is 11.8 Å². The van der Waals surface area contributed by atoms with Gasteiger partial charge in [0.25, 0.3) is 5.69 Å². The number of nitrogens with zero attached hydrogens (tertiary/aromatic N) is 2. The van der Waals surface area contributed by atoms with Gasteiger partial charge in [0.1, 0.15) is 12.4 Å². The van der Waals surface area contributed by atoms with Gasteiger partial charge in [-0.1, -0.05) is 12.1 Å². The first kappa shape index (κ1) is 20.3. The molecule has 1 atom stereocenters. The minimum atomic E-state index is -0.451. The molecular weight excluding hydrogens is 390 g/mol. The Morgan fingerprint density at radius 1 is 1.17 bits per heavy atom. The Morgan fingerprint density at radius 2 is 1.97 bits per heavy atom. The van der Waals surface area contributed by atoms with Gasteiger partial charge in [0.2, 0.25) is 5.91 Å². The maximum atomic E-state index is 12.5. The lowest BCUT2D eigenvalue weighted by atomic mass is 10.3. The number of ether oxygens (including phenoxy) is 1. The number of carbonyl (C=O) groups is 1. The molecule has 0 aliphatic heterocycles. The number of rotatable bonds is 8. The van der Waals surface area contributed by atoms with E-state index in [2.05, 4.69) is 10.3 Å². The molecule has 0 spiro atoms. The highest BCUT2D eigenvalue weighted by Crippen LogP contribution is 2.26. The van der Waals surface area contributed by atoms with Crippen molar-refractivity contribution in [2.75, 3.05) is 5.32 Å². The molecule has 0 aliphatic carbocycles. The predicted molar refractivity (Wildman–Crippen MR) is 112 cm³/mol. The van der Waals surface area contributed by atoms with Crippen LogP contribution in [0.5, 0.6) is 5.75 Å². The van der Waals surface area contributed by atoms with Crippen LogP contribution in [0.2, 0.25) is 0 Å². The van der Waals surface area contributed by atoms with Crippen molar-refractivity contribution in [1.29, 1.82) is 0 Å². The second-order valence-corrected chi connectivity index (χ2v) is 7.55. The van der Waals surface area contributed by atoms with Crippen LogP contribution in [0.1, 0.15) is 12.6 Å². The third-order valence-electron chi connectivity index (χ3n) is 3.94. The molecule has 1 N–H and O–H groups in total. The summed E-state index contributed by atoms with van der Waals surface area (Å²) in [6, 6.07) is 18.9. The van der Waals surface area contributed by atoms with E-state index in [1.807, 2.05) is 24.3 Å². The van der Waals surface area contributed by atoms with E-state index < -0.39 is 4.92 Å². The van der Waals surface area contributed by atoms with Gasteiger partial charge in [-0.2, -0.15) is 0 Å². The number of nitrogens with one attached hydrogen (secondary N) is 1. The van der Waals surface area contributed by atoms with Crippen molar-refractivity contribution >= 4 is 29.0 Å². The highest BCUT2D eigenvalue weighted by molar-refractivity contribution is 8.00. The topological polar surface area (TPSA) is 94.4 Å². The van der Waals surface area contributed by atoms with Crippen molar-refractivity contribution in [3.8, 4) is 5.75 Å². The number of thioether (sulfide) groups is 1.